The third kappa shape index (κ3) is 4.03. The van der Waals surface area contributed by atoms with Gasteiger partial charge in [0.1, 0.15) is 11.1 Å². The molecule has 0 radical (unpaired) electrons. The van der Waals surface area contributed by atoms with Crippen molar-refractivity contribution in [2.75, 3.05) is 12.9 Å². The summed E-state index contributed by atoms with van der Waals surface area (Å²) in [5, 5.41) is 5.50. The normalized spacial score (nSPS) is 11.0. The SMILES string of the molecule is COc1ccc(C(=O)CSc2nc3c(cnn3-c3cccc(Cl)c3)c(=O)[nH]2)cc1. The smallest absolute Gasteiger partial charge is 0.262 e. The Hall–Kier alpha value is -3.10. The zero-order chi connectivity index (χ0) is 20.4. The summed E-state index contributed by atoms with van der Waals surface area (Å²) in [7, 11) is 1.57. The minimum atomic E-state index is -0.317. The fraction of sp³-hybridized carbons (Fsp3) is 0.100. The summed E-state index contributed by atoms with van der Waals surface area (Å²) in [6, 6.07) is 14.0. The zero-order valence-corrected chi connectivity index (χ0v) is 16.8. The second-order valence-corrected chi connectivity index (χ2v) is 7.49. The molecule has 29 heavy (non-hydrogen) atoms. The monoisotopic (exact) mass is 426 g/mol. The molecule has 4 aromatic rings. The lowest BCUT2D eigenvalue weighted by Gasteiger charge is -2.05. The molecule has 0 atom stereocenters. The molecular formula is C20H15ClN4O3S. The zero-order valence-electron chi connectivity index (χ0n) is 15.3. The number of aromatic amines is 1. The first-order valence-corrected chi connectivity index (χ1v) is 9.95. The summed E-state index contributed by atoms with van der Waals surface area (Å²) in [6.45, 7) is 0. The Morgan fingerprint density at radius 3 is 2.76 bits per heavy atom. The summed E-state index contributed by atoms with van der Waals surface area (Å²) in [4.78, 5) is 32.0. The Balaban J connectivity index is 1.60. The minimum absolute atomic E-state index is 0.0799. The molecule has 0 aliphatic heterocycles. The summed E-state index contributed by atoms with van der Waals surface area (Å²) in [6.07, 6.45) is 1.46. The number of benzene rings is 2. The Bertz CT molecular complexity index is 1250. The van der Waals surface area contributed by atoms with Gasteiger partial charge in [0.25, 0.3) is 5.56 Å². The molecule has 146 valence electrons. The number of H-pyrrole nitrogens is 1. The van der Waals surface area contributed by atoms with Gasteiger partial charge in [-0.05, 0) is 42.5 Å². The first-order valence-electron chi connectivity index (χ1n) is 8.59. The van der Waals surface area contributed by atoms with E-state index in [1.807, 2.05) is 6.07 Å². The van der Waals surface area contributed by atoms with Crippen molar-refractivity contribution in [3.05, 3.63) is 75.7 Å². The van der Waals surface area contributed by atoms with Gasteiger partial charge >= 0.3 is 0 Å². The van der Waals surface area contributed by atoms with Crippen LogP contribution in [0, 0.1) is 0 Å². The van der Waals surface area contributed by atoms with Crippen LogP contribution >= 0.6 is 23.4 Å². The van der Waals surface area contributed by atoms with E-state index in [4.69, 9.17) is 16.3 Å². The van der Waals surface area contributed by atoms with Crippen molar-refractivity contribution in [1.82, 2.24) is 19.7 Å². The number of ether oxygens (including phenoxy) is 1. The van der Waals surface area contributed by atoms with Gasteiger partial charge in [-0.3, -0.25) is 9.59 Å². The average Bonchev–Trinajstić information content (AvgIpc) is 3.17. The Morgan fingerprint density at radius 2 is 2.03 bits per heavy atom. The molecular weight excluding hydrogens is 412 g/mol. The van der Waals surface area contributed by atoms with Crippen molar-refractivity contribution in [3.8, 4) is 11.4 Å². The average molecular weight is 427 g/mol. The summed E-state index contributed by atoms with van der Waals surface area (Å²) >= 11 is 7.22. The fourth-order valence-corrected chi connectivity index (χ4v) is 3.69. The number of carbonyl (C=O) groups excluding carboxylic acids is 1. The number of ketones is 1. The predicted molar refractivity (Wildman–Crippen MR) is 113 cm³/mol. The van der Waals surface area contributed by atoms with Crippen molar-refractivity contribution in [3.63, 3.8) is 0 Å². The Morgan fingerprint density at radius 1 is 1.24 bits per heavy atom. The highest BCUT2D eigenvalue weighted by Crippen LogP contribution is 2.21. The van der Waals surface area contributed by atoms with Crippen LogP contribution in [0.2, 0.25) is 5.02 Å². The van der Waals surface area contributed by atoms with Crippen LogP contribution in [-0.4, -0.2) is 38.4 Å². The van der Waals surface area contributed by atoms with E-state index in [1.165, 1.54) is 6.20 Å². The molecule has 0 aliphatic carbocycles. The lowest BCUT2D eigenvalue weighted by Crippen LogP contribution is -2.11. The van der Waals surface area contributed by atoms with Crippen molar-refractivity contribution < 1.29 is 9.53 Å². The lowest BCUT2D eigenvalue weighted by molar-refractivity contribution is 0.102. The van der Waals surface area contributed by atoms with Gasteiger partial charge in [-0.25, -0.2) is 9.67 Å². The van der Waals surface area contributed by atoms with Crippen LogP contribution in [0.15, 0.2) is 64.7 Å². The largest absolute Gasteiger partial charge is 0.497 e. The predicted octanol–water partition coefficient (Wildman–Crippen LogP) is 3.75. The quantitative estimate of drug-likeness (QED) is 0.287. The number of halogens is 1. The number of nitrogens with zero attached hydrogens (tertiary/aromatic N) is 3. The molecule has 2 aromatic heterocycles. The Labute approximate surface area is 174 Å². The van der Waals surface area contributed by atoms with Gasteiger partial charge in [0, 0.05) is 10.6 Å². The molecule has 2 aromatic carbocycles. The maximum atomic E-state index is 12.4. The van der Waals surface area contributed by atoms with Crippen LogP contribution in [0.4, 0.5) is 0 Å². The number of hydrogen-bond acceptors (Lipinski definition) is 6. The van der Waals surface area contributed by atoms with Gasteiger partial charge < -0.3 is 9.72 Å². The summed E-state index contributed by atoms with van der Waals surface area (Å²) in [5.74, 6) is 0.732. The molecule has 0 saturated heterocycles. The van der Waals surface area contributed by atoms with Crippen LogP contribution in [0.25, 0.3) is 16.7 Å². The van der Waals surface area contributed by atoms with E-state index >= 15 is 0 Å². The van der Waals surface area contributed by atoms with E-state index < -0.39 is 0 Å². The second kappa shape index (κ2) is 8.10. The molecule has 0 amide bonds. The Kier molecular flexibility index (Phi) is 5.37. The van der Waals surface area contributed by atoms with Crippen molar-refractivity contribution in [2.24, 2.45) is 0 Å². The van der Waals surface area contributed by atoms with Crippen LogP contribution in [-0.2, 0) is 0 Å². The van der Waals surface area contributed by atoms with Crippen LogP contribution in [0.5, 0.6) is 5.75 Å². The number of fused-ring (bicyclic) bond motifs is 1. The molecule has 2 heterocycles. The number of rotatable bonds is 6. The van der Waals surface area contributed by atoms with Crippen molar-refractivity contribution >= 4 is 40.2 Å². The minimum Gasteiger partial charge on any atom is -0.497 e. The van der Waals surface area contributed by atoms with E-state index in [1.54, 1.807) is 54.3 Å². The van der Waals surface area contributed by atoms with E-state index in [9.17, 15) is 9.59 Å². The summed E-state index contributed by atoms with van der Waals surface area (Å²) in [5.41, 5.74) is 1.33. The van der Waals surface area contributed by atoms with E-state index in [-0.39, 0.29) is 17.1 Å². The molecule has 1 N–H and O–H groups in total. The summed E-state index contributed by atoms with van der Waals surface area (Å²) < 4.78 is 6.64. The highest BCUT2D eigenvalue weighted by atomic mass is 35.5. The second-order valence-electron chi connectivity index (χ2n) is 6.08. The number of thioether (sulfide) groups is 1. The van der Waals surface area contributed by atoms with E-state index in [2.05, 4.69) is 15.1 Å². The fourth-order valence-electron chi connectivity index (χ4n) is 2.76. The molecule has 0 aliphatic rings. The van der Waals surface area contributed by atoms with Crippen LogP contribution in [0.1, 0.15) is 10.4 Å². The third-order valence-electron chi connectivity index (χ3n) is 4.22. The highest BCUT2D eigenvalue weighted by molar-refractivity contribution is 7.99. The highest BCUT2D eigenvalue weighted by Gasteiger charge is 2.14. The van der Waals surface area contributed by atoms with Gasteiger partial charge in [-0.2, -0.15) is 5.10 Å². The van der Waals surface area contributed by atoms with Crippen molar-refractivity contribution in [1.29, 1.82) is 0 Å². The number of carbonyl (C=O) groups is 1. The molecule has 0 spiro atoms. The van der Waals surface area contributed by atoms with Gasteiger partial charge in [-0.1, -0.05) is 29.4 Å². The van der Waals surface area contributed by atoms with E-state index in [0.717, 1.165) is 11.8 Å². The number of methoxy groups -OCH3 is 1. The topological polar surface area (TPSA) is 89.9 Å². The maximum Gasteiger partial charge on any atom is 0.262 e. The molecule has 0 bridgehead atoms. The number of nitrogens with one attached hydrogen (secondary N) is 1. The van der Waals surface area contributed by atoms with Gasteiger partial charge in [0.15, 0.2) is 16.6 Å². The third-order valence-corrected chi connectivity index (χ3v) is 5.33. The number of hydrogen-bond donors (Lipinski definition) is 1. The van der Waals surface area contributed by atoms with Gasteiger partial charge in [-0.15, -0.1) is 0 Å². The molecule has 0 fully saturated rings. The first-order chi connectivity index (χ1) is 14.0. The van der Waals surface area contributed by atoms with Gasteiger partial charge in [0.05, 0.1) is 24.7 Å². The standard InChI is InChI=1S/C20H15ClN4O3S/c1-28-15-7-5-12(6-8-15)17(26)11-29-20-23-18-16(19(27)24-20)10-22-25(18)14-4-2-3-13(21)9-14/h2-10H,11H2,1H3,(H,23,24,27). The lowest BCUT2D eigenvalue weighted by atomic mass is 10.1. The number of aromatic nitrogens is 4. The number of Topliss-reactive ketones (excluding diaryl/α,β-unsaturated/α-hetero) is 1. The molecule has 7 nitrogen and oxygen atoms in total. The first kappa shape index (κ1) is 19.2. The molecule has 0 saturated carbocycles. The van der Waals surface area contributed by atoms with Crippen LogP contribution < -0.4 is 10.3 Å². The van der Waals surface area contributed by atoms with Gasteiger partial charge in [0.2, 0.25) is 0 Å². The van der Waals surface area contributed by atoms with Crippen LogP contribution in [0.3, 0.4) is 0 Å². The maximum absolute atomic E-state index is 12.4. The molecule has 0 unspecified atom stereocenters. The molecule has 4 rings (SSSR count). The van der Waals surface area contributed by atoms with E-state index in [0.29, 0.717) is 38.2 Å². The molecule has 9 heteroatoms. The van der Waals surface area contributed by atoms with Crippen molar-refractivity contribution in [2.45, 2.75) is 5.16 Å².